The number of fused-ring (bicyclic) bond motifs is 1. The van der Waals surface area contributed by atoms with Gasteiger partial charge in [-0.25, -0.2) is 0 Å². The number of hydrogen-bond donors (Lipinski definition) is 1. The fourth-order valence-corrected chi connectivity index (χ4v) is 3.89. The molecular formula is C22H23N5O3. The molecule has 2 amide bonds. The van der Waals surface area contributed by atoms with Gasteiger partial charge in [-0.15, -0.1) is 0 Å². The van der Waals surface area contributed by atoms with Gasteiger partial charge in [0.2, 0.25) is 0 Å². The molecule has 0 bridgehead atoms. The van der Waals surface area contributed by atoms with Crippen LogP contribution in [0.4, 0.5) is 0 Å². The van der Waals surface area contributed by atoms with E-state index in [1.807, 2.05) is 35.1 Å². The molecule has 30 heavy (non-hydrogen) atoms. The van der Waals surface area contributed by atoms with Crippen molar-refractivity contribution < 1.29 is 9.59 Å². The zero-order chi connectivity index (χ0) is 21.3. The first-order chi connectivity index (χ1) is 14.5. The summed E-state index contributed by atoms with van der Waals surface area (Å²) in [5.41, 5.74) is 3.01. The topological polar surface area (TPSA) is 89.2 Å². The third kappa shape index (κ3) is 3.63. The average Bonchev–Trinajstić information content (AvgIpc) is 3.26. The van der Waals surface area contributed by atoms with Crippen LogP contribution in [0.2, 0.25) is 0 Å². The number of pyridine rings is 1. The Morgan fingerprint density at radius 1 is 1.23 bits per heavy atom. The monoisotopic (exact) mass is 405 g/mol. The molecule has 0 fully saturated rings. The van der Waals surface area contributed by atoms with Gasteiger partial charge in [-0.1, -0.05) is 12.1 Å². The Morgan fingerprint density at radius 3 is 2.80 bits per heavy atom. The van der Waals surface area contributed by atoms with Crippen LogP contribution in [0.25, 0.3) is 0 Å². The second-order valence-corrected chi connectivity index (χ2v) is 7.38. The molecule has 0 aliphatic carbocycles. The number of carbonyl (C=O) groups excluding carboxylic acids is 2. The van der Waals surface area contributed by atoms with Crippen LogP contribution >= 0.6 is 0 Å². The Labute approximate surface area is 173 Å². The van der Waals surface area contributed by atoms with Crippen LogP contribution in [-0.2, 0) is 26.6 Å². The lowest BCUT2D eigenvalue weighted by Crippen LogP contribution is -2.40. The number of carbonyl (C=O) groups is 2. The second-order valence-electron chi connectivity index (χ2n) is 7.38. The first kappa shape index (κ1) is 19.6. The Balaban J connectivity index is 1.59. The molecule has 1 aliphatic rings. The van der Waals surface area contributed by atoms with Gasteiger partial charge in [-0.2, -0.15) is 5.10 Å². The molecule has 154 valence electrons. The predicted octanol–water partition coefficient (Wildman–Crippen LogP) is 1.19. The maximum absolute atomic E-state index is 13.1. The first-order valence-corrected chi connectivity index (χ1v) is 9.77. The standard InChI is InChI=1S/C22H23N5O3/c1-23-20(28)19-18-7-10-26(14-17(18)13-25(2)22(19)30)21(29)16-6-3-5-15(11-16)12-27-9-4-8-24-27/h3-6,8-9,11,13H,7,10,12,14H2,1-2H3,(H,23,28). The Bertz CT molecular complexity index is 1160. The predicted molar refractivity (Wildman–Crippen MR) is 111 cm³/mol. The number of amides is 2. The Morgan fingerprint density at radius 2 is 2.07 bits per heavy atom. The van der Waals surface area contributed by atoms with E-state index in [-0.39, 0.29) is 17.0 Å². The van der Waals surface area contributed by atoms with Crippen molar-refractivity contribution in [2.45, 2.75) is 19.5 Å². The molecule has 3 aromatic rings. The van der Waals surface area contributed by atoms with Crippen LogP contribution in [0, 0.1) is 0 Å². The maximum atomic E-state index is 13.1. The van der Waals surface area contributed by atoms with Gasteiger partial charge in [0.25, 0.3) is 17.4 Å². The summed E-state index contributed by atoms with van der Waals surface area (Å²) in [6.45, 7) is 1.40. The zero-order valence-electron chi connectivity index (χ0n) is 17.0. The molecular weight excluding hydrogens is 382 g/mol. The summed E-state index contributed by atoms with van der Waals surface area (Å²) in [7, 11) is 3.13. The van der Waals surface area contributed by atoms with E-state index in [0.29, 0.717) is 31.6 Å². The van der Waals surface area contributed by atoms with Crippen molar-refractivity contribution in [2.75, 3.05) is 13.6 Å². The molecule has 3 heterocycles. The van der Waals surface area contributed by atoms with E-state index >= 15 is 0 Å². The highest BCUT2D eigenvalue weighted by atomic mass is 16.2. The minimum atomic E-state index is -0.390. The van der Waals surface area contributed by atoms with E-state index in [4.69, 9.17) is 0 Å². The van der Waals surface area contributed by atoms with E-state index in [0.717, 1.165) is 16.7 Å². The first-order valence-electron chi connectivity index (χ1n) is 9.77. The van der Waals surface area contributed by atoms with Gasteiger partial charge < -0.3 is 14.8 Å². The van der Waals surface area contributed by atoms with E-state index in [1.165, 1.54) is 11.6 Å². The van der Waals surface area contributed by atoms with Crippen LogP contribution in [0.15, 0.2) is 53.7 Å². The molecule has 1 aliphatic heterocycles. The highest BCUT2D eigenvalue weighted by molar-refractivity contribution is 5.96. The highest BCUT2D eigenvalue weighted by Crippen LogP contribution is 2.22. The number of aromatic nitrogens is 3. The third-order valence-corrected chi connectivity index (χ3v) is 5.39. The summed E-state index contributed by atoms with van der Waals surface area (Å²) in [5.74, 6) is -0.461. The molecule has 0 spiro atoms. The molecule has 2 aromatic heterocycles. The van der Waals surface area contributed by atoms with Gasteiger partial charge in [-0.05, 0) is 41.3 Å². The van der Waals surface area contributed by atoms with Crippen LogP contribution in [0.1, 0.15) is 37.4 Å². The van der Waals surface area contributed by atoms with Gasteiger partial charge in [0, 0.05) is 51.3 Å². The van der Waals surface area contributed by atoms with Crippen molar-refractivity contribution in [2.24, 2.45) is 7.05 Å². The second kappa shape index (κ2) is 7.98. The van der Waals surface area contributed by atoms with Gasteiger partial charge in [0.1, 0.15) is 5.56 Å². The van der Waals surface area contributed by atoms with Crippen molar-refractivity contribution >= 4 is 11.8 Å². The summed E-state index contributed by atoms with van der Waals surface area (Å²) < 4.78 is 3.21. The molecule has 0 radical (unpaired) electrons. The lowest BCUT2D eigenvalue weighted by molar-refractivity contribution is 0.0734. The van der Waals surface area contributed by atoms with Gasteiger partial charge in [-0.3, -0.25) is 19.1 Å². The molecule has 1 aromatic carbocycles. The molecule has 0 unspecified atom stereocenters. The third-order valence-electron chi connectivity index (χ3n) is 5.39. The van der Waals surface area contributed by atoms with Crippen LogP contribution in [0.5, 0.6) is 0 Å². The summed E-state index contributed by atoms with van der Waals surface area (Å²) in [5, 5.41) is 6.75. The minimum absolute atomic E-state index is 0.0710. The van der Waals surface area contributed by atoms with Crippen molar-refractivity contribution in [3.8, 4) is 0 Å². The van der Waals surface area contributed by atoms with Crippen LogP contribution in [-0.4, -0.2) is 44.7 Å². The van der Waals surface area contributed by atoms with E-state index in [1.54, 1.807) is 30.4 Å². The van der Waals surface area contributed by atoms with Crippen LogP contribution in [0.3, 0.4) is 0 Å². The molecule has 1 N–H and O–H groups in total. The lowest BCUT2D eigenvalue weighted by atomic mass is 9.95. The number of nitrogens with one attached hydrogen (secondary N) is 1. The van der Waals surface area contributed by atoms with Crippen molar-refractivity contribution in [1.29, 1.82) is 0 Å². The summed E-state index contributed by atoms with van der Waals surface area (Å²) >= 11 is 0. The fourth-order valence-electron chi connectivity index (χ4n) is 3.89. The average molecular weight is 405 g/mol. The van der Waals surface area contributed by atoms with E-state index < -0.39 is 5.91 Å². The zero-order valence-corrected chi connectivity index (χ0v) is 17.0. The lowest BCUT2D eigenvalue weighted by Gasteiger charge is -2.30. The van der Waals surface area contributed by atoms with Gasteiger partial charge in [0.15, 0.2) is 0 Å². The molecule has 0 atom stereocenters. The molecule has 4 rings (SSSR count). The van der Waals surface area contributed by atoms with Crippen molar-refractivity contribution in [3.05, 3.63) is 87.1 Å². The highest BCUT2D eigenvalue weighted by Gasteiger charge is 2.27. The van der Waals surface area contributed by atoms with Crippen molar-refractivity contribution in [1.82, 2.24) is 24.6 Å². The van der Waals surface area contributed by atoms with Gasteiger partial charge in [0.05, 0.1) is 6.54 Å². The Kier molecular flexibility index (Phi) is 5.22. The fraction of sp³-hybridized carbons (Fsp3) is 0.273. The van der Waals surface area contributed by atoms with Crippen molar-refractivity contribution in [3.63, 3.8) is 0 Å². The summed E-state index contributed by atoms with van der Waals surface area (Å²) in [4.78, 5) is 39.6. The van der Waals surface area contributed by atoms with Crippen LogP contribution < -0.4 is 10.9 Å². The Hall–Kier alpha value is -3.68. The minimum Gasteiger partial charge on any atom is -0.355 e. The number of nitrogens with zero attached hydrogens (tertiary/aromatic N) is 4. The normalized spacial score (nSPS) is 13.1. The van der Waals surface area contributed by atoms with E-state index in [2.05, 4.69) is 10.4 Å². The number of hydrogen-bond acceptors (Lipinski definition) is 4. The molecule has 0 saturated carbocycles. The number of benzene rings is 1. The molecule has 8 heteroatoms. The molecule has 0 saturated heterocycles. The number of rotatable bonds is 4. The smallest absolute Gasteiger partial charge is 0.263 e. The quantitative estimate of drug-likeness (QED) is 0.706. The largest absolute Gasteiger partial charge is 0.355 e. The SMILES string of the molecule is CNC(=O)c1c2c(cn(C)c1=O)CN(C(=O)c1cccc(Cn3cccn3)c1)CC2. The maximum Gasteiger partial charge on any atom is 0.263 e. The summed E-state index contributed by atoms with van der Waals surface area (Å²) in [6.07, 6.45) is 5.79. The van der Waals surface area contributed by atoms with E-state index in [9.17, 15) is 14.4 Å². The summed E-state index contributed by atoms with van der Waals surface area (Å²) in [6, 6.07) is 9.39. The van der Waals surface area contributed by atoms with Gasteiger partial charge >= 0.3 is 0 Å². The number of aryl methyl sites for hydroxylation is 1. The molecule has 8 nitrogen and oxygen atoms in total.